The molecule has 32 heavy (non-hydrogen) atoms. The fourth-order valence-corrected chi connectivity index (χ4v) is 4.88. The summed E-state index contributed by atoms with van der Waals surface area (Å²) >= 11 is 5.84. The molecule has 2 unspecified atom stereocenters. The number of carbonyl (C=O) groups is 2. The molecule has 2 fully saturated rings. The molecule has 166 valence electrons. The summed E-state index contributed by atoms with van der Waals surface area (Å²) in [5.41, 5.74) is 2.13. The van der Waals surface area contributed by atoms with Crippen molar-refractivity contribution in [2.75, 3.05) is 26.2 Å². The van der Waals surface area contributed by atoms with E-state index in [1.54, 1.807) is 23.2 Å². The summed E-state index contributed by atoms with van der Waals surface area (Å²) in [6.07, 6.45) is 6.77. The molecule has 5 rings (SSSR count). The summed E-state index contributed by atoms with van der Waals surface area (Å²) in [4.78, 5) is 46.3. The van der Waals surface area contributed by atoms with Crippen molar-refractivity contribution in [1.82, 2.24) is 29.7 Å². The first-order valence-electron chi connectivity index (χ1n) is 11.1. The monoisotopic (exact) mass is 452 g/mol. The Bertz CT molecular complexity index is 1100. The Balaban J connectivity index is 1.25. The molecule has 3 aromatic rings. The Labute approximate surface area is 191 Å². The van der Waals surface area contributed by atoms with E-state index in [9.17, 15) is 9.59 Å². The Morgan fingerprint density at radius 2 is 1.88 bits per heavy atom. The van der Waals surface area contributed by atoms with E-state index in [1.165, 1.54) is 6.20 Å². The van der Waals surface area contributed by atoms with Gasteiger partial charge in [-0.15, -0.1) is 0 Å². The lowest BCUT2D eigenvalue weighted by Crippen LogP contribution is -2.49. The number of aromatic amines is 1. The normalized spacial score (nSPS) is 21.7. The highest BCUT2D eigenvalue weighted by molar-refractivity contribution is 6.29. The number of piperidine rings is 2. The molecule has 8 nitrogen and oxygen atoms in total. The van der Waals surface area contributed by atoms with E-state index in [0.29, 0.717) is 36.0 Å². The van der Waals surface area contributed by atoms with Crippen molar-refractivity contribution in [3.63, 3.8) is 0 Å². The number of imidazole rings is 1. The fraction of sp³-hybridized carbons (Fsp3) is 0.435. The first-order chi connectivity index (χ1) is 15.6. The molecule has 9 heteroatoms. The summed E-state index contributed by atoms with van der Waals surface area (Å²) in [7, 11) is 0. The third-order valence-corrected chi connectivity index (χ3v) is 6.65. The van der Waals surface area contributed by atoms with E-state index < -0.39 is 0 Å². The maximum Gasteiger partial charge on any atom is 0.255 e. The molecule has 2 aliphatic heterocycles. The Kier molecular flexibility index (Phi) is 5.78. The molecule has 0 radical (unpaired) electrons. The van der Waals surface area contributed by atoms with Gasteiger partial charge < -0.3 is 14.8 Å². The predicted molar refractivity (Wildman–Crippen MR) is 120 cm³/mol. The molecular formula is C23H25ClN6O2. The number of aromatic nitrogens is 4. The van der Waals surface area contributed by atoms with Crippen LogP contribution in [0, 0.1) is 5.92 Å². The van der Waals surface area contributed by atoms with E-state index >= 15 is 0 Å². The van der Waals surface area contributed by atoms with Crippen LogP contribution in [-0.2, 0) is 4.79 Å². The number of hydrogen-bond donors (Lipinski definition) is 1. The highest BCUT2D eigenvalue weighted by Gasteiger charge is 2.34. The smallest absolute Gasteiger partial charge is 0.255 e. The number of nitrogens with one attached hydrogen (secondary N) is 1. The van der Waals surface area contributed by atoms with Crippen LogP contribution < -0.4 is 0 Å². The van der Waals surface area contributed by atoms with Crippen LogP contribution in [0.25, 0.3) is 11.2 Å². The summed E-state index contributed by atoms with van der Waals surface area (Å²) in [5.74, 6) is 0.924. The summed E-state index contributed by atoms with van der Waals surface area (Å²) in [5, 5.41) is 0.355. The zero-order valence-electron chi connectivity index (χ0n) is 17.7. The lowest BCUT2D eigenvalue weighted by Gasteiger charge is -2.38. The van der Waals surface area contributed by atoms with E-state index in [0.717, 1.165) is 43.6 Å². The van der Waals surface area contributed by atoms with E-state index in [1.807, 2.05) is 17.0 Å². The van der Waals surface area contributed by atoms with Gasteiger partial charge in [-0.3, -0.25) is 9.59 Å². The largest absolute Gasteiger partial charge is 0.342 e. The Morgan fingerprint density at radius 1 is 1.03 bits per heavy atom. The van der Waals surface area contributed by atoms with E-state index in [2.05, 4.69) is 19.9 Å². The minimum atomic E-state index is -0.177. The number of likely N-dealkylation sites (tertiary alicyclic amines) is 2. The molecule has 0 aromatic carbocycles. The van der Waals surface area contributed by atoms with Crippen molar-refractivity contribution in [3.05, 3.63) is 53.2 Å². The van der Waals surface area contributed by atoms with Crippen LogP contribution in [0.2, 0.25) is 5.15 Å². The molecule has 2 saturated heterocycles. The van der Waals surface area contributed by atoms with Gasteiger partial charge >= 0.3 is 0 Å². The van der Waals surface area contributed by atoms with Gasteiger partial charge in [0, 0.05) is 44.5 Å². The van der Waals surface area contributed by atoms with Crippen LogP contribution in [-0.4, -0.2) is 67.7 Å². The van der Waals surface area contributed by atoms with Gasteiger partial charge in [-0.05, 0) is 49.9 Å². The summed E-state index contributed by atoms with van der Waals surface area (Å²) in [6.45, 7) is 2.49. The minimum absolute atomic E-state index is 0.0991. The van der Waals surface area contributed by atoms with Crippen LogP contribution in [0.5, 0.6) is 0 Å². The van der Waals surface area contributed by atoms with Gasteiger partial charge in [-0.1, -0.05) is 11.6 Å². The average molecular weight is 453 g/mol. The van der Waals surface area contributed by atoms with Crippen LogP contribution in [0.15, 0.2) is 36.7 Å². The van der Waals surface area contributed by atoms with Crippen molar-refractivity contribution in [1.29, 1.82) is 0 Å². The average Bonchev–Trinajstić information content (AvgIpc) is 3.28. The van der Waals surface area contributed by atoms with Gasteiger partial charge in [0.05, 0.1) is 17.0 Å². The molecular weight excluding hydrogens is 428 g/mol. The van der Waals surface area contributed by atoms with Gasteiger partial charge in [-0.25, -0.2) is 15.0 Å². The minimum Gasteiger partial charge on any atom is -0.342 e. The molecule has 0 saturated carbocycles. The fourth-order valence-electron chi connectivity index (χ4n) is 4.76. The zero-order chi connectivity index (χ0) is 22.1. The number of nitrogens with zero attached hydrogens (tertiary/aromatic N) is 5. The van der Waals surface area contributed by atoms with Gasteiger partial charge in [-0.2, -0.15) is 0 Å². The van der Waals surface area contributed by atoms with E-state index in [-0.39, 0.29) is 23.7 Å². The summed E-state index contributed by atoms with van der Waals surface area (Å²) < 4.78 is 0. The Morgan fingerprint density at radius 3 is 2.69 bits per heavy atom. The predicted octanol–water partition coefficient (Wildman–Crippen LogP) is 3.26. The number of hydrogen-bond acceptors (Lipinski definition) is 5. The second kappa shape index (κ2) is 8.86. The number of amides is 2. The lowest BCUT2D eigenvalue weighted by atomic mass is 9.92. The number of halogens is 1. The number of fused-ring (bicyclic) bond motifs is 1. The van der Waals surface area contributed by atoms with Gasteiger partial charge in [0.15, 0.2) is 5.65 Å². The maximum atomic E-state index is 13.4. The van der Waals surface area contributed by atoms with Crippen molar-refractivity contribution in [2.24, 2.45) is 5.92 Å². The van der Waals surface area contributed by atoms with Crippen LogP contribution >= 0.6 is 11.6 Å². The molecule has 3 aromatic heterocycles. The standard InChI is InChI=1S/C23H25ClN6O2/c24-19-8-7-15(12-26-19)22(31)30-11-3-5-17(14-30)23(32)29-10-2-4-16(13-29)20-27-18-6-1-9-25-21(18)28-20/h1,6-9,12,16-17H,2-5,10-11,13-14H2,(H,25,27,28). The molecule has 2 amide bonds. The molecule has 2 atom stereocenters. The van der Waals surface area contributed by atoms with Crippen molar-refractivity contribution in [3.8, 4) is 0 Å². The van der Waals surface area contributed by atoms with E-state index in [4.69, 9.17) is 11.6 Å². The number of pyridine rings is 2. The molecule has 0 spiro atoms. The number of rotatable bonds is 3. The van der Waals surface area contributed by atoms with Crippen LogP contribution in [0.3, 0.4) is 0 Å². The number of H-pyrrole nitrogens is 1. The third-order valence-electron chi connectivity index (χ3n) is 6.43. The van der Waals surface area contributed by atoms with Crippen LogP contribution in [0.1, 0.15) is 47.8 Å². The second-order valence-corrected chi connectivity index (χ2v) is 8.97. The third kappa shape index (κ3) is 4.19. The quantitative estimate of drug-likeness (QED) is 0.615. The van der Waals surface area contributed by atoms with Gasteiger partial charge in [0.1, 0.15) is 11.0 Å². The van der Waals surface area contributed by atoms with Crippen LogP contribution in [0.4, 0.5) is 0 Å². The van der Waals surface area contributed by atoms with Crippen molar-refractivity contribution in [2.45, 2.75) is 31.6 Å². The zero-order valence-corrected chi connectivity index (χ0v) is 18.5. The highest BCUT2D eigenvalue weighted by Crippen LogP contribution is 2.29. The SMILES string of the molecule is O=C(c1ccc(Cl)nc1)N1CCCC(C(=O)N2CCCC(c3nc4ncccc4[nH]3)C2)C1. The first-order valence-corrected chi connectivity index (χ1v) is 11.5. The summed E-state index contributed by atoms with van der Waals surface area (Å²) in [6, 6.07) is 7.15. The molecule has 2 aliphatic rings. The number of carbonyl (C=O) groups excluding carboxylic acids is 2. The lowest BCUT2D eigenvalue weighted by molar-refractivity contribution is -0.138. The van der Waals surface area contributed by atoms with Crippen molar-refractivity contribution >= 4 is 34.6 Å². The highest BCUT2D eigenvalue weighted by atomic mass is 35.5. The molecule has 5 heterocycles. The van der Waals surface area contributed by atoms with Gasteiger partial charge in [0.2, 0.25) is 5.91 Å². The topological polar surface area (TPSA) is 95.1 Å². The molecule has 0 bridgehead atoms. The van der Waals surface area contributed by atoms with Gasteiger partial charge in [0.25, 0.3) is 5.91 Å². The van der Waals surface area contributed by atoms with Crippen molar-refractivity contribution < 1.29 is 9.59 Å². The second-order valence-electron chi connectivity index (χ2n) is 8.58. The molecule has 0 aliphatic carbocycles. The Hall–Kier alpha value is -3.00. The molecule has 1 N–H and O–H groups in total. The maximum absolute atomic E-state index is 13.4. The first kappa shape index (κ1) is 20.9.